The van der Waals surface area contributed by atoms with Gasteiger partial charge in [0.25, 0.3) is 0 Å². The molecule has 0 aliphatic heterocycles. The molecule has 0 saturated heterocycles. The summed E-state index contributed by atoms with van der Waals surface area (Å²) in [6.07, 6.45) is -2.19. The van der Waals surface area contributed by atoms with Crippen molar-refractivity contribution in [2.75, 3.05) is 6.61 Å². The van der Waals surface area contributed by atoms with Gasteiger partial charge in [-0.05, 0) is 19.4 Å². The number of aliphatic hydroxyl groups is 1. The molecule has 1 N–H and O–H groups in total. The molecule has 1 unspecified atom stereocenters. The first-order valence-corrected chi connectivity index (χ1v) is 3.72. The average Bonchev–Trinajstić information content (AvgIpc) is 2.03. The first kappa shape index (κ1) is 12.0. The molecule has 1 atom stereocenters. The van der Waals surface area contributed by atoms with Gasteiger partial charge in [-0.15, -0.1) is 0 Å². The molecule has 0 aromatic heterocycles. The lowest BCUT2D eigenvalue weighted by Gasteiger charge is -2.20. The van der Waals surface area contributed by atoms with Gasteiger partial charge in [-0.2, -0.15) is 8.78 Å². The summed E-state index contributed by atoms with van der Waals surface area (Å²) in [6, 6.07) is 0. The predicted octanol–water partition coefficient (Wildman–Crippen LogP) is 1.12. The van der Waals surface area contributed by atoms with Crippen LogP contribution in [-0.4, -0.2) is 29.7 Å². The zero-order valence-electron chi connectivity index (χ0n) is 7.51. The fraction of sp³-hybridized carbons (Fsp3) is 0.625. The van der Waals surface area contributed by atoms with E-state index in [1.54, 1.807) is 0 Å². The van der Waals surface area contributed by atoms with Crippen molar-refractivity contribution < 1.29 is 23.4 Å². The SMILES string of the molecule is C=C(C)C(O)C(F)(F)C(=O)OCC. The molecule has 5 heteroatoms. The summed E-state index contributed by atoms with van der Waals surface area (Å²) in [7, 11) is 0. The molecule has 0 aliphatic rings. The summed E-state index contributed by atoms with van der Waals surface area (Å²) in [5, 5.41) is 8.90. The lowest BCUT2D eigenvalue weighted by molar-refractivity contribution is -0.184. The first-order valence-electron chi connectivity index (χ1n) is 3.72. The molecule has 0 rings (SSSR count). The molecular formula is C8H12F2O3. The minimum atomic E-state index is -3.91. The van der Waals surface area contributed by atoms with Crippen molar-refractivity contribution >= 4 is 5.97 Å². The zero-order valence-corrected chi connectivity index (χ0v) is 7.51. The summed E-state index contributed by atoms with van der Waals surface area (Å²) in [6.45, 7) is 5.58. The van der Waals surface area contributed by atoms with Crippen LogP contribution in [0.3, 0.4) is 0 Å². The fourth-order valence-corrected chi connectivity index (χ4v) is 0.648. The van der Waals surface area contributed by atoms with Gasteiger partial charge >= 0.3 is 11.9 Å². The van der Waals surface area contributed by atoms with E-state index in [1.165, 1.54) is 13.8 Å². The molecule has 0 radical (unpaired) electrons. The molecule has 0 bridgehead atoms. The third-order valence-electron chi connectivity index (χ3n) is 1.36. The Hall–Kier alpha value is -0.970. The molecule has 0 amide bonds. The molecular weight excluding hydrogens is 182 g/mol. The maximum Gasteiger partial charge on any atom is 0.380 e. The van der Waals surface area contributed by atoms with Crippen LogP contribution in [-0.2, 0) is 9.53 Å². The van der Waals surface area contributed by atoms with E-state index in [2.05, 4.69) is 11.3 Å². The Morgan fingerprint density at radius 3 is 2.46 bits per heavy atom. The maximum atomic E-state index is 12.9. The average molecular weight is 194 g/mol. The fourth-order valence-electron chi connectivity index (χ4n) is 0.648. The van der Waals surface area contributed by atoms with Gasteiger partial charge in [-0.1, -0.05) is 6.58 Å². The van der Waals surface area contributed by atoms with Crippen molar-refractivity contribution in [1.29, 1.82) is 0 Å². The lowest BCUT2D eigenvalue weighted by atomic mass is 10.1. The Balaban J connectivity index is 4.54. The Labute approximate surface area is 75.0 Å². The second-order valence-corrected chi connectivity index (χ2v) is 2.59. The van der Waals surface area contributed by atoms with Gasteiger partial charge in [0.05, 0.1) is 6.61 Å². The van der Waals surface area contributed by atoms with E-state index in [9.17, 15) is 13.6 Å². The largest absolute Gasteiger partial charge is 0.461 e. The second kappa shape index (κ2) is 4.32. The van der Waals surface area contributed by atoms with E-state index in [4.69, 9.17) is 5.11 Å². The molecule has 76 valence electrons. The van der Waals surface area contributed by atoms with Gasteiger partial charge in [-0.3, -0.25) is 0 Å². The van der Waals surface area contributed by atoms with Gasteiger partial charge in [0.2, 0.25) is 0 Å². The third kappa shape index (κ3) is 2.77. The van der Waals surface area contributed by atoms with Crippen LogP contribution in [0.5, 0.6) is 0 Å². The summed E-state index contributed by atoms with van der Waals surface area (Å²) in [4.78, 5) is 10.6. The number of ether oxygens (including phenoxy) is 1. The van der Waals surface area contributed by atoms with E-state index in [-0.39, 0.29) is 12.2 Å². The number of carbonyl (C=O) groups excluding carboxylic acids is 1. The zero-order chi connectivity index (χ0) is 10.6. The van der Waals surface area contributed by atoms with Gasteiger partial charge in [0.15, 0.2) is 0 Å². The quantitative estimate of drug-likeness (QED) is 0.539. The van der Waals surface area contributed by atoms with Crippen molar-refractivity contribution in [3.05, 3.63) is 12.2 Å². The van der Waals surface area contributed by atoms with Crippen LogP contribution in [0, 0.1) is 0 Å². The maximum absolute atomic E-state index is 12.9. The molecule has 13 heavy (non-hydrogen) atoms. The predicted molar refractivity (Wildman–Crippen MR) is 42.4 cm³/mol. The number of aliphatic hydroxyl groups excluding tert-OH is 1. The lowest BCUT2D eigenvalue weighted by Crippen LogP contribution is -2.43. The highest BCUT2D eigenvalue weighted by molar-refractivity contribution is 5.78. The second-order valence-electron chi connectivity index (χ2n) is 2.59. The molecule has 0 aromatic carbocycles. The summed E-state index contributed by atoms with van der Waals surface area (Å²) < 4.78 is 29.8. The number of halogens is 2. The Morgan fingerprint density at radius 2 is 2.15 bits per heavy atom. The summed E-state index contributed by atoms with van der Waals surface area (Å²) in [5.74, 6) is -5.65. The number of alkyl halides is 2. The van der Waals surface area contributed by atoms with Crippen molar-refractivity contribution in [2.24, 2.45) is 0 Å². The Kier molecular flexibility index (Phi) is 4.00. The van der Waals surface area contributed by atoms with Crippen LogP contribution < -0.4 is 0 Å². The molecule has 0 saturated carbocycles. The number of hydrogen-bond donors (Lipinski definition) is 1. The normalized spacial score (nSPS) is 13.6. The summed E-state index contributed by atoms with van der Waals surface area (Å²) in [5.41, 5.74) is -0.182. The van der Waals surface area contributed by atoms with Crippen LogP contribution in [0.25, 0.3) is 0 Å². The van der Waals surface area contributed by atoms with Crippen LogP contribution in [0.1, 0.15) is 13.8 Å². The number of carbonyl (C=O) groups is 1. The van der Waals surface area contributed by atoms with E-state index >= 15 is 0 Å². The Bertz CT molecular complexity index is 213. The smallest absolute Gasteiger partial charge is 0.380 e. The van der Waals surface area contributed by atoms with Crippen LogP contribution >= 0.6 is 0 Å². The van der Waals surface area contributed by atoms with E-state index in [1.807, 2.05) is 0 Å². The monoisotopic (exact) mass is 194 g/mol. The molecule has 0 aromatic rings. The van der Waals surface area contributed by atoms with Crippen molar-refractivity contribution in [2.45, 2.75) is 25.9 Å². The van der Waals surface area contributed by atoms with Crippen LogP contribution in [0.15, 0.2) is 12.2 Å². The summed E-state index contributed by atoms with van der Waals surface area (Å²) >= 11 is 0. The van der Waals surface area contributed by atoms with Crippen molar-refractivity contribution in [3.63, 3.8) is 0 Å². The first-order chi connectivity index (χ1) is 5.84. The van der Waals surface area contributed by atoms with Crippen LogP contribution in [0.4, 0.5) is 8.78 Å². The minimum absolute atomic E-state index is 0.155. The van der Waals surface area contributed by atoms with Crippen LogP contribution in [0.2, 0.25) is 0 Å². The number of hydrogen-bond acceptors (Lipinski definition) is 3. The topological polar surface area (TPSA) is 46.5 Å². The minimum Gasteiger partial charge on any atom is -0.461 e. The number of rotatable bonds is 4. The van der Waals surface area contributed by atoms with E-state index in [0.717, 1.165) is 0 Å². The van der Waals surface area contributed by atoms with E-state index < -0.39 is 18.0 Å². The number of esters is 1. The molecule has 0 heterocycles. The molecule has 0 fully saturated rings. The molecule has 3 nitrogen and oxygen atoms in total. The van der Waals surface area contributed by atoms with Crippen molar-refractivity contribution in [3.8, 4) is 0 Å². The van der Waals surface area contributed by atoms with Gasteiger partial charge in [0, 0.05) is 0 Å². The highest BCUT2D eigenvalue weighted by atomic mass is 19.3. The highest BCUT2D eigenvalue weighted by Crippen LogP contribution is 2.24. The third-order valence-corrected chi connectivity index (χ3v) is 1.36. The highest BCUT2D eigenvalue weighted by Gasteiger charge is 2.48. The van der Waals surface area contributed by atoms with Crippen molar-refractivity contribution in [1.82, 2.24) is 0 Å². The Morgan fingerprint density at radius 1 is 1.69 bits per heavy atom. The van der Waals surface area contributed by atoms with Gasteiger partial charge in [0.1, 0.15) is 6.10 Å². The standard InChI is InChI=1S/C8H12F2O3/c1-4-13-7(12)8(9,10)6(11)5(2)3/h6,11H,2,4H2,1,3H3. The van der Waals surface area contributed by atoms with Gasteiger partial charge in [-0.25, -0.2) is 4.79 Å². The molecule has 0 spiro atoms. The molecule has 0 aliphatic carbocycles. The van der Waals surface area contributed by atoms with E-state index in [0.29, 0.717) is 0 Å². The van der Waals surface area contributed by atoms with Gasteiger partial charge < -0.3 is 9.84 Å².